The third-order valence-corrected chi connectivity index (χ3v) is 6.04. The molecule has 0 saturated carbocycles. The molecule has 2 aromatic carbocycles. The monoisotopic (exact) mass is 478 g/mol. The molecule has 1 amide bonds. The maximum Gasteiger partial charge on any atom is 0.230 e. The normalized spacial score (nSPS) is 15.0. The fourth-order valence-electron chi connectivity index (χ4n) is 3.76. The molecule has 6 nitrogen and oxygen atoms in total. The van der Waals surface area contributed by atoms with E-state index in [1.807, 2.05) is 71.0 Å². The highest BCUT2D eigenvalue weighted by Crippen LogP contribution is 2.31. The number of nitrogens with one attached hydrogen (secondary N) is 1. The Morgan fingerprint density at radius 2 is 1.91 bits per heavy atom. The van der Waals surface area contributed by atoms with Crippen LogP contribution in [-0.4, -0.2) is 37.7 Å². The summed E-state index contributed by atoms with van der Waals surface area (Å²) in [5.74, 6) is 2.06. The van der Waals surface area contributed by atoms with Crippen LogP contribution in [-0.2, 0) is 9.53 Å². The number of benzene rings is 2. The summed E-state index contributed by atoms with van der Waals surface area (Å²) < 4.78 is 17.1. The van der Waals surface area contributed by atoms with Crippen molar-refractivity contribution in [2.24, 2.45) is 10.4 Å². The van der Waals surface area contributed by atoms with Gasteiger partial charge in [0, 0.05) is 11.5 Å². The van der Waals surface area contributed by atoms with Gasteiger partial charge in [0.1, 0.15) is 18.1 Å². The fraction of sp³-hybridized carbons (Fsp3) is 0.448. The summed E-state index contributed by atoms with van der Waals surface area (Å²) in [6.45, 7) is 13.2. The molecular formula is C29H38N2O4. The summed E-state index contributed by atoms with van der Waals surface area (Å²) in [6, 6.07) is 11.9. The quantitative estimate of drug-likeness (QED) is 0.404. The van der Waals surface area contributed by atoms with Gasteiger partial charge in [-0.2, -0.15) is 0 Å². The third-order valence-electron chi connectivity index (χ3n) is 6.04. The summed E-state index contributed by atoms with van der Waals surface area (Å²) in [5.41, 5.74) is 3.06. The Morgan fingerprint density at radius 1 is 1.14 bits per heavy atom. The highest BCUT2D eigenvalue weighted by molar-refractivity contribution is 5.97. The predicted octanol–water partition coefficient (Wildman–Crippen LogP) is 6.36. The molecule has 0 aromatic heterocycles. The maximum atomic E-state index is 13.2. The molecule has 1 aliphatic rings. The maximum absolute atomic E-state index is 13.2. The van der Waals surface area contributed by atoms with Gasteiger partial charge in [-0.25, -0.2) is 4.99 Å². The van der Waals surface area contributed by atoms with E-state index in [0.29, 0.717) is 37.0 Å². The van der Waals surface area contributed by atoms with Crippen molar-refractivity contribution < 1.29 is 19.0 Å². The molecule has 1 heterocycles. The van der Waals surface area contributed by atoms with Crippen LogP contribution in [0.3, 0.4) is 0 Å². The van der Waals surface area contributed by atoms with E-state index in [4.69, 9.17) is 14.2 Å². The first kappa shape index (κ1) is 26.3. The second-order valence-electron chi connectivity index (χ2n) is 10.4. The molecule has 35 heavy (non-hydrogen) atoms. The van der Waals surface area contributed by atoms with Gasteiger partial charge in [-0.1, -0.05) is 32.0 Å². The van der Waals surface area contributed by atoms with E-state index < -0.39 is 5.41 Å². The van der Waals surface area contributed by atoms with Crippen molar-refractivity contribution in [1.82, 2.24) is 0 Å². The van der Waals surface area contributed by atoms with Crippen LogP contribution in [0.1, 0.15) is 57.2 Å². The first-order chi connectivity index (χ1) is 16.5. The summed E-state index contributed by atoms with van der Waals surface area (Å²) in [6.07, 6.45) is 5.23. The molecule has 188 valence electrons. The van der Waals surface area contributed by atoms with Crippen LogP contribution >= 0.6 is 0 Å². The second-order valence-corrected chi connectivity index (χ2v) is 10.4. The predicted molar refractivity (Wildman–Crippen MR) is 143 cm³/mol. The summed E-state index contributed by atoms with van der Waals surface area (Å²) in [4.78, 5) is 17.7. The number of nitrogens with zero attached hydrogens (tertiary/aromatic N) is 1. The number of hydrogen-bond acceptors (Lipinski definition) is 5. The molecule has 0 bridgehead atoms. The van der Waals surface area contributed by atoms with Crippen LogP contribution in [0.25, 0.3) is 6.08 Å². The Labute approximate surface area is 209 Å². The van der Waals surface area contributed by atoms with Crippen molar-refractivity contribution in [3.63, 3.8) is 0 Å². The van der Waals surface area contributed by atoms with Gasteiger partial charge in [-0.15, -0.1) is 0 Å². The largest absolute Gasteiger partial charge is 0.495 e. The lowest BCUT2D eigenvalue weighted by atomic mass is 9.86. The van der Waals surface area contributed by atoms with Crippen LogP contribution in [0.5, 0.6) is 11.5 Å². The molecule has 0 saturated heterocycles. The van der Waals surface area contributed by atoms with Gasteiger partial charge >= 0.3 is 0 Å². The van der Waals surface area contributed by atoms with Crippen LogP contribution in [0.15, 0.2) is 47.5 Å². The standard InChI is InChI=1S/C29H38N2O4/c1-20-9-10-21(2)25(17-20)34-16-8-15-28(3,4)27(32)30-23-18-22(11-13-24(23)33-7)12-14-26-31-29(5,6)19-35-26/h9-14,17-18H,8,15-16,19H2,1-7H3,(H,30,32)/b14-12+. The fourth-order valence-corrected chi connectivity index (χ4v) is 3.76. The zero-order chi connectivity index (χ0) is 25.6. The smallest absolute Gasteiger partial charge is 0.230 e. The van der Waals surface area contributed by atoms with Gasteiger partial charge in [-0.05, 0) is 81.5 Å². The van der Waals surface area contributed by atoms with E-state index in [1.165, 1.54) is 5.56 Å². The molecule has 0 fully saturated rings. The summed E-state index contributed by atoms with van der Waals surface area (Å²) >= 11 is 0. The van der Waals surface area contributed by atoms with Gasteiger partial charge in [0.15, 0.2) is 0 Å². The Bertz CT molecular complexity index is 1120. The average Bonchev–Trinajstić information content (AvgIpc) is 3.16. The number of amides is 1. The van der Waals surface area contributed by atoms with Crippen molar-refractivity contribution in [2.75, 3.05) is 25.6 Å². The first-order valence-electron chi connectivity index (χ1n) is 12.1. The number of carbonyl (C=O) groups is 1. The molecule has 0 aliphatic carbocycles. The Balaban J connectivity index is 1.60. The second kappa shape index (κ2) is 11.0. The minimum atomic E-state index is -0.570. The van der Waals surface area contributed by atoms with Gasteiger partial charge < -0.3 is 19.5 Å². The van der Waals surface area contributed by atoms with E-state index in [2.05, 4.69) is 29.4 Å². The van der Waals surface area contributed by atoms with Crippen LogP contribution in [0.2, 0.25) is 0 Å². The number of hydrogen-bond donors (Lipinski definition) is 1. The molecule has 0 atom stereocenters. The molecule has 0 spiro atoms. The molecule has 0 unspecified atom stereocenters. The highest BCUT2D eigenvalue weighted by atomic mass is 16.5. The summed E-state index contributed by atoms with van der Waals surface area (Å²) in [5, 5.41) is 3.06. The minimum Gasteiger partial charge on any atom is -0.495 e. The van der Waals surface area contributed by atoms with E-state index in [1.54, 1.807) is 7.11 Å². The molecule has 1 N–H and O–H groups in total. The number of aryl methyl sites for hydroxylation is 2. The van der Waals surface area contributed by atoms with E-state index >= 15 is 0 Å². The van der Waals surface area contributed by atoms with Crippen molar-refractivity contribution in [2.45, 2.75) is 59.9 Å². The molecule has 6 heteroatoms. The lowest BCUT2D eigenvalue weighted by Crippen LogP contribution is -2.31. The number of ether oxygens (including phenoxy) is 3. The zero-order valence-electron chi connectivity index (χ0n) is 22.0. The van der Waals surface area contributed by atoms with E-state index in [0.717, 1.165) is 23.3 Å². The first-order valence-corrected chi connectivity index (χ1v) is 12.1. The van der Waals surface area contributed by atoms with Gasteiger partial charge in [0.05, 0.1) is 24.9 Å². The molecule has 0 radical (unpaired) electrons. The number of carbonyl (C=O) groups excluding carboxylic acids is 1. The summed E-state index contributed by atoms with van der Waals surface area (Å²) in [7, 11) is 1.60. The van der Waals surface area contributed by atoms with Crippen LogP contribution < -0.4 is 14.8 Å². The topological polar surface area (TPSA) is 69.2 Å². The number of methoxy groups -OCH3 is 1. The number of aliphatic imine (C=N–C) groups is 1. The lowest BCUT2D eigenvalue weighted by Gasteiger charge is -2.24. The molecular weight excluding hydrogens is 440 g/mol. The number of rotatable bonds is 10. The van der Waals surface area contributed by atoms with Crippen LogP contribution in [0, 0.1) is 19.3 Å². The molecule has 1 aliphatic heterocycles. The van der Waals surface area contributed by atoms with E-state index in [9.17, 15) is 4.79 Å². The van der Waals surface area contributed by atoms with Gasteiger partial charge in [0.25, 0.3) is 0 Å². The highest BCUT2D eigenvalue weighted by Gasteiger charge is 2.28. The Kier molecular flexibility index (Phi) is 8.26. The molecule has 2 aromatic rings. The van der Waals surface area contributed by atoms with Crippen molar-refractivity contribution in [3.05, 3.63) is 59.2 Å². The SMILES string of the molecule is COc1ccc(/C=C/C2=NC(C)(C)CO2)cc1NC(=O)C(C)(C)CCCOc1cc(C)ccc1C. The van der Waals surface area contributed by atoms with E-state index in [-0.39, 0.29) is 11.4 Å². The van der Waals surface area contributed by atoms with Gasteiger partial charge in [-0.3, -0.25) is 4.79 Å². The van der Waals surface area contributed by atoms with Crippen LogP contribution in [0.4, 0.5) is 5.69 Å². The average molecular weight is 479 g/mol. The zero-order valence-corrected chi connectivity index (χ0v) is 22.0. The molecule has 3 rings (SSSR count). The minimum absolute atomic E-state index is 0.0612. The third kappa shape index (κ3) is 7.35. The van der Waals surface area contributed by atoms with Gasteiger partial charge in [0.2, 0.25) is 11.8 Å². The Morgan fingerprint density at radius 3 is 2.60 bits per heavy atom. The van der Waals surface area contributed by atoms with Crippen molar-refractivity contribution in [1.29, 1.82) is 0 Å². The Hall–Kier alpha value is -3.28. The number of anilines is 1. The van der Waals surface area contributed by atoms with Crippen molar-refractivity contribution in [3.8, 4) is 11.5 Å². The van der Waals surface area contributed by atoms with Crippen molar-refractivity contribution >= 4 is 23.6 Å². The lowest BCUT2D eigenvalue weighted by molar-refractivity contribution is -0.124.